The van der Waals surface area contributed by atoms with Gasteiger partial charge in [0, 0.05) is 6.42 Å². The molecular weight excluding hydrogens is 320 g/mol. The quantitative estimate of drug-likeness (QED) is 0.852. The van der Waals surface area contributed by atoms with Gasteiger partial charge in [-0.25, -0.2) is 4.79 Å². The summed E-state index contributed by atoms with van der Waals surface area (Å²) in [5.74, 6) is -0.926. The Kier molecular flexibility index (Phi) is 3.72. The predicted molar refractivity (Wildman–Crippen MR) is 90.2 cm³/mol. The number of benzene rings is 2. The highest BCUT2D eigenvalue weighted by molar-refractivity contribution is 6.10. The molecule has 0 saturated carbocycles. The average molecular weight is 336 g/mol. The van der Waals surface area contributed by atoms with E-state index in [0.717, 1.165) is 0 Å². The van der Waals surface area contributed by atoms with E-state index < -0.39 is 18.1 Å². The molecule has 2 amide bonds. The van der Waals surface area contributed by atoms with E-state index in [-0.39, 0.29) is 18.4 Å². The van der Waals surface area contributed by atoms with Crippen LogP contribution in [0.25, 0.3) is 0 Å². The van der Waals surface area contributed by atoms with Crippen molar-refractivity contribution in [3.63, 3.8) is 0 Å². The van der Waals surface area contributed by atoms with Crippen molar-refractivity contribution in [1.29, 1.82) is 0 Å². The Labute approximate surface area is 144 Å². The number of carbonyl (C=O) groups excluding carboxylic acids is 3. The second-order valence-electron chi connectivity index (χ2n) is 6.14. The minimum atomic E-state index is -0.631. The van der Waals surface area contributed by atoms with Crippen LogP contribution >= 0.6 is 0 Å². The molecule has 1 N–H and O–H groups in total. The smallest absolute Gasteiger partial charge is 0.338 e. The zero-order valence-electron chi connectivity index (χ0n) is 13.3. The molecule has 2 aliphatic rings. The van der Waals surface area contributed by atoms with Crippen LogP contribution in [0.5, 0.6) is 0 Å². The van der Waals surface area contributed by atoms with Crippen molar-refractivity contribution in [2.45, 2.75) is 18.6 Å². The number of para-hydroxylation sites is 1. The number of ether oxygens (including phenoxy) is 1. The Morgan fingerprint density at radius 3 is 2.56 bits per heavy atom. The zero-order chi connectivity index (χ0) is 17.4. The summed E-state index contributed by atoms with van der Waals surface area (Å²) >= 11 is 0. The third kappa shape index (κ3) is 2.76. The molecule has 25 heavy (non-hydrogen) atoms. The molecule has 2 aromatic carbocycles. The van der Waals surface area contributed by atoms with Crippen LogP contribution in [0, 0.1) is 0 Å². The van der Waals surface area contributed by atoms with Crippen molar-refractivity contribution in [1.82, 2.24) is 4.90 Å². The van der Waals surface area contributed by atoms with E-state index in [1.54, 1.807) is 48.5 Å². The van der Waals surface area contributed by atoms with E-state index in [1.165, 1.54) is 4.90 Å². The van der Waals surface area contributed by atoms with Crippen LogP contribution in [-0.2, 0) is 9.53 Å². The largest absolute Gasteiger partial charge is 0.457 e. The normalized spacial score (nSPS) is 21.8. The molecule has 4 rings (SSSR count). The summed E-state index contributed by atoms with van der Waals surface area (Å²) in [6, 6.07) is 15.0. The van der Waals surface area contributed by atoms with Gasteiger partial charge in [-0.05, 0) is 24.3 Å². The van der Waals surface area contributed by atoms with Gasteiger partial charge in [0.25, 0.3) is 5.91 Å². The van der Waals surface area contributed by atoms with Gasteiger partial charge in [0.1, 0.15) is 12.1 Å². The molecule has 2 atom stereocenters. The Hall–Kier alpha value is -3.15. The molecule has 1 fully saturated rings. The monoisotopic (exact) mass is 336 g/mol. The van der Waals surface area contributed by atoms with E-state index in [9.17, 15) is 14.4 Å². The molecule has 1 saturated heterocycles. The summed E-state index contributed by atoms with van der Waals surface area (Å²) < 4.78 is 5.50. The van der Waals surface area contributed by atoms with Crippen LogP contribution < -0.4 is 5.32 Å². The van der Waals surface area contributed by atoms with Crippen molar-refractivity contribution >= 4 is 23.5 Å². The van der Waals surface area contributed by atoms with Gasteiger partial charge < -0.3 is 15.0 Å². The van der Waals surface area contributed by atoms with Crippen molar-refractivity contribution in [3.05, 3.63) is 65.7 Å². The minimum absolute atomic E-state index is 0.212. The van der Waals surface area contributed by atoms with Gasteiger partial charge in [-0.3, -0.25) is 9.59 Å². The molecule has 0 unspecified atom stereocenters. The van der Waals surface area contributed by atoms with Crippen LogP contribution in [0.15, 0.2) is 54.6 Å². The number of carbonyl (C=O) groups is 3. The topological polar surface area (TPSA) is 75.7 Å². The lowest BCUT2D eigenvalue weighted by molar-refractivity contribution is -0.119. The number of esters is 1. The molecule has 2 heterocycles. The molecule has 0 bridgehead atoms. The number of hydrogen-bond acceptors (Lipinski definition) is 4. The first-order chi connectivity index (χ1) is 12.1. The van der Waals surface area contributed by atoms with E-state index >= 15 is 0 Å². The molecule has 126 valence electrons. The number of nitrogens with zero attached hydrogens (tertiary/aromatic N) is 1. The number of anilines is 1. The summed E-state index contributed by atoms with van der Waals surface area (Å²) in [6.07, 6.45) is -0.206. The van der Waals surface area contributed by atoms with Crippen molar-refractivity contribution < 1.29 is 19.1 Å². The maximum Gasteiger partial charge on any atom is 0.338 e. The molecule has 0 aliphatic carbocycles. The van der Waals surface area contributed by atoms with Crippen LogP contribution in [0.2, 0.25) is 0 Å². The Morgan fingerprint density at radius 2 is 1.76 bits per heavy atom. The number of fused-ring (bicyclic) bond motifs is 2. The van der Waals surface area contributed by atoms with E-state index in [1.807, 2.05) is 6.07 Å². The SMILES string of the molecule is O=C(O[C@H]1C[C@H]2C(=O)Nc3ccccc3C(=O)N2C1)c1ccccc1. The molecule has 6 nitrogen and oxygen atoms in total. The van der Waals surface area contributed by atoms with Gasteiger partial charge >= 0.3 is 5.97 Å². The fraction of sp³-hybridized carbons (Fsp3) is 0.211. The number of hydrogen-bond donors (Lipinski definition) is 1. The lowest BCUT2D eigenvalue weighted by Crippen LogP contribution is -2.40. The minimum Gasteiger partial charge on any atom is -0.457 e. The van der Waals surface area contributed by atoms with Gasteiger partial charge in [0.2, 0.25) is 5.91 Å². The van der Waals surface area contributed by atoms with Gasteiger partial charge in [0.15, 0.2) is 0 Å². The van der Waals surface area contributed by atoms with Crippen LogP contribution in [0.4, 0.5) is 5.69 Å². The predicted octanol–water partition coefficient (Wildman–Crippen LogP) is 2.08. The molecule has 6 heteroatoms. The molecule has 2 aliphatic heterocycles. The number of rotatable bonds is 2. The van der Waals surface area contributed by atoms with Gasteiger partial charge in [-0.15, -0.1) is 0 Å². The molecule has 0 aromatic heterocycles. The highest BCUT2D eigenvalue weighted by atomic mass is 16.5. The Bertz CT molecular complexity index is 850. The first-order valence-electron chi connectivity index (χ1n) is 8.10. The van der Waals surface area contributed by atoms with Crippen molar-refractivity contribution in [2.24, 2.45) is 0 Å². The zero-order valence-corrected chi connectivity index (χ0v) is 13.3. The second kappa shape index (κ2) is 6.05. The maximum absolute atomic E-state index is 12.8. The summed E-state index contributed by atoms with van der Waals surface area (Å²) in [6.45, 7) is 0.212. The Morgan fingerprint density at radius 1 is 1.04 bits per heavy atom. The number of amides is 2. The summed E-state index contributed by atoms with van der Waals surface area (Å²) in [5.41, 5.74) is 1.42. The highest BCUT2D eigenvalue weighted by Gasteiger charge is 2.44. The van der Waals surface area contributed by atoms with Crippen molar-refractivity contribution in [3.8, 4) is 0 Å². The lowest BCUT2D eigenvalue weighted by Gasteiger charge is -2.19. The molecule has 2 aromatic rings. The standard InChI is InChI=1S/C19H16N2O4/c22-17-16-10-13(25-19(24)12-6-2-1-3-7-12)11-21(16)18(23)14-8-4-5-9-15(14)20-17/h1-9,13,16H,10-11H2,(H,20,22)/t13-,16-/m0/s1. The van der Waals surface area contributed by atoms with Gasteiger partial charge in [-0.2, -0.15) is 0 Å². The van der Waals surface area contributed by atoms with Crippen molar-refractivity contribution in [2.75, 3.05) is 11.9 Å². The highest BCUT2D eigenvalue weighted by Crippen LogP contribution is 2.30. The third-order valence-electron chi connectivity index (χ3n) is 4.52. The summed E-state index contributed by atoms with van der Waals surface area (Å²) in [5, 5.41) is 2.79. The molecule has 0 radical (unpaired) electrons. The molecular formula is C19H16N2O4. The summed E-state index contributed by atoms with van der Waals surface area (Å²) in [4.78, 5) is 38.9. The molecule has 0 spiro atoms. The summed E-state index contributed by atoms with van der Waals surface area (Å²) in [7, 11) is 0. The van der Waals surface area contributed by atoms with Crippen LogP contribution in [-0.4, -0.2) is 41.4 Å². The van der Waals surface area contributed by atoms with Gasteiger partial charge in [-0.1, -0.05) is 30.3 Å². The van der Waals surface area contributed by atoms with Crippen LogP contribution in [0.1, 0.15) is 27.1 Å². The average Bonchev–Trinajstić information content (AvgIpc) is 3.02. The first-order valence-corrected chi connectivity index (χ1v) is 8.10. The fourth-order valence-electron chi connectivity index (χ4n) is 3.30. The first kappa shape index (κ1) is 15.4. The fourth-order valence-corrected chi connectivity index (χ4v) is 3.30. The van der Waals surface area contributed by atoms with E-state index in [0.29, 0.717) is 23.2 Å². The van der Waals surface area contributed by atoms with E-state index in [2.05, 4.69) is 5.32 Å². The van der Waals surface area contributed by atoms with Crippen LogP contribution in [0.3, 0.4) is 0 Å². The Balaban J connectivity index is 1.54. The van der Waals surface area contributed by atoms with Gasteiger partial charge in [0.05, 0.1) is 23.4 Å². The third-order valence-corrected chi connectivity index (χ3v) is 4.52. The maximum atomic E-state index is 12.8. The lowest BCUT2D eigenvalue weighted by atomic mass is 10.1. The second-order valence-corrected chi connectivity index (χ2v) is 6.14. The van der Waals surface area contributed by atoms with E-state index in [4.69, 9.17) is 4.74 Å². The number of nitrogens with one attached hydrogen (secondary N) is 1.